The van der Waals surface area contributed by atoms with Gasteiger partial charge in [-0.05, 0) is 6.42 Å². The van der Waals surface area contributed by atoms with Crippen molar-refractivity contribution >= 4 is 5.84 Å². The Balaban J connectivity index is 0. The summed E-state index contributed by atoms with van der Waals surface area (Å²) in [6.45, 7) is 7.95. The third-order valence-electron chi connectivity index (χ3n) is 1.15. The number of rotatable bonds is 4. The molecule has 0 atom stereocenters. The van der Waals surface area contributed by atoms with Crippen LogP contribution in [0.4, 0.5) is 0 Å². The topological polar surface area (TPSA) is 26.5 Å². The molecule has 0 fully saturated rings. The summed E-state index contributed by atoms with van der Waals surface area (Å²) >= 11 is 0. The predicted molar refractivity (Wildman–Crippen MR) is 46.8 cm³/mol. The van der Waals surface area contributed by atoms with E-state index in [-0.39, 0.29) is 25.8 Å². The average molecular weight is 186 g/mol. The maximum absolute atomic E-state index is 4.25. The van der Waals surface area contributed by atoms with Crippen molar-refractivity contribution in [2.75, 3.05) is 13.1 Å². The molecule has 0 saturated heterocycles. The standard InChI is InChI=1S/C8H17N2.Sc/c1-4-7-8(9-5-2)10-6-3;/h4-7H2,1-3H3;/q-1;. The van der Waals surface area contributed by atoms with Gasteiger partial charge in [0.1, 0.15) is 0 Å². The third kappa shape index (κ3) is 8.24. The molecule has 3 heteroatoms. The second-order valence-electron chi connectivity index (χ2n) is 2.11. The molecule has 0 amide bonds. The van der Waals surface area contributed by atoms with Crippen LogP contribution in [0.1, 0.15) is 33.6 Å². The summed E-state index contributed by atoms with van der Waals surface area (Å²) in [6, 6.07) is 0. The monoisotopic (exact) mass is 186 g/mol. The molecule has 0 saturated carbocycles. The minimum atomic E-state index is 0. The molecular formula is C8H17N2Sc-. The average Bonchev–Trinajstić information content (AvgIpc) is 1.90. The van der Waals surface area contributed by atoms with Gasteiger partial charge in [0.2, 0.25) is 0 Å². The van der Waals surface area contributed by atoms with Gasteiger partial charge in [0.15, 0.2) is 0 Å². The van der Waals surface area contributed by atoms with Crippen molar-refractivity contribution in [1.29, 1.82) is 0 Å². The Morgan fingerprint density at radius 2 is 1.91 bits per heavy atom. The zero-order valence-corrected chi connectivity index (χ0v) is 9.60. The molecular weight excluding hydrogens is 169 g/mol. The van der Waals surface area contributed by atoms with E-state index in [1.54, 1.807) is 0 Å². The first-order valence-corrected chi connectivity index (χ1v) is 4.05. The smallest absolute Gasteiger partial charge is 0 e. The van der Waals surface area contributed by atoms with Gasteiger partial charge in [-0.2, -0.15) is 0 Å². The second kappa shape index (κ2) is 10.3. The van der Waals surface area contributed by atoms with Gasteiger partial charge in [0.05, 0.1) is 0 Å². The Kier molecular flexibility index (Phi) is 13.1. The Labute approximate surface area is 88.6 Å². The fourth-order valence-corrected chi connectivity index (χ4v) is 0.797. The molecule has 0 aliphatic carbocycles. The van der Waals surface area contributed by atoms with Crippen LogP contribution in [0.3, 0.4) is 0 Å². The minimum Gasteiger partial charge on any atom is -0.470 e. The Morgan fingerprint density at radius 3 is 2.27 bits per heavy atom. The molecule has 0 N–H and O–H groups in total. The van der Waals surface area contributed by atoms with Gasteiger partial charge in [-0.1, -0.05) is 46.1 Å². The quantitative estimate of drug-likeness (QED) is 0.476. The molecule has 0 unspecified atom stereocenters. The second-order valence-corrected chi connectivity index (χ2v) is 2.11. The van der Waals surface area contributed by atoms with E-state index in [1.807, 2.05) is 13.8 Å². The largest absolute Gasteiger partial charge is 0.470 e. The van der Waals surface area contributed by atoms with Crippen LogP contribution in [0.2, 0.25) is 0 Å². The zero-order valence-electron chi connectivity index (χ0n) is 7.80. The van der Waals surface area contributed by atoms with Crippen molar-refractivity contribution in [2.24, 2.45) is 4.99 Å². The molecule has 11 heavy (non-hydrogen) atoms. The summed E-state index contributed by atoms with van der Waals surface area (Å²) in [6.07, 6.45) is 2.17. The number of hydrogen-bond acceptors (Lipinski definition) is 1. The van der Waals surface area contributed by atoms with Crippen molar-refractivity contribution < 1.29 is 25.8 Å². The van der Waals surface area contributed by atoms with Crippen LogP contribution in [0, 0.1) is 0 Å². The van der Waals surface area contributed by atoms with Crippen LogP contribution in [0.5, 0.6) is 0 Å². The zero-order chi connectivity index (χ0) is 7.82. The molecule has 63 valence electrons. The molecule has 0 rings (SSSR count). The summed E-state index contributed by atoms with van der Waals surface area (Å²) in [4.78, 5) is 4.25. The van der Waals surface area contributed by atoms with E-state index < -0.39 is 0 Å². The third-order valence-corrected chi connectivity index (χ3v) is 1.15. The van der Waals surface area contributed by atoms with Crippen LogP contribution < -0.4 is 0 Å². The van der Waals surface area contributed by atoms with Gasteiger partial charge in [0, 0.05) is 25.8 Å². The first-order chi connectivity index (χ1) is 4.85. The first-order valence-electron chi connectivity index (χ1n) is 4.05. The van der Waals surface area contributed by atoms with Gasteiger partial charge < -0.3 is 10.3 Å². The van der Waals surface area contributed by atoms with E-state index in [0.29, 0.717) is 0 Å². The number of amidine groups is 1. The Hall–Kier alpha value is 0.340. The van der Waals surface area contributed by atoms with E-state index in [9.17, 15) is 0 Å². The predicted octanol–water partition coefficient (Wildman–Crippen LogP) is 2.60. The summed E-state index contributed by atoms with van der Waals surface area (Å²) in [5, 5.41) is 4.25. The van der Waals surface area contributed by atoms with Crippen molar-refractivity contribution in [1.82, 2.24) is 0 Å². The minimum absolute atomic E-state index is 0. The maximum Gasteiger partial charge on any atom is 0 e. The summed E-state index contributed by atoms with van der Waals surface area (Å²) in [5.74, 6) is 1.03. The summed E-state index contributed by atoms with van der Waals surface area (Å²) in [5.41, 5.74) is 0. The van der Waals surface area contributed by atoms with Crippen molar-refractivity contribution in [2.45, 2.75) is 33.6 Å². The number of hydrogen-bond donors (Lipinski definition) is 0. The molecule has 0 bridgehead atoms. The number of aliphatic imine (C=N–C) groups is 1. The fraction of sp³-hybridized carbons (Fsp3) is 0.875. The maximum atomic E-state index is 4.25. The van der Waals surface area contributed by atoms with E-state index in [1.165, 1.54) is 0 Å². The molecule has 0 aromatic heterocycles. The van der Waals surface area contributed by atoms with Gasteiger partial charge in [0.25, 0.3) is 0 Å². The normalized spacial score (nSPS) is 10.6. The van der Waals surface area contributed by atoms with Crippen molar-refractivity contribution in [3.8, 4) is 0 Å². The molecule has 0 aliphatic heterocycles. The van der Waals surface area contributed by atoms with Crippen LogP contribution in [0.15, 0.2) is 4.99 Å². The van der Waals surface area contributed by atoms with E-state index in [4.69, 9.17) is 0 Å². The molecule has 0 aromatic carbocycles. The first kappa shape index (κ1) is 13.9. The summed E-state index contributed by atoms with van der Waals surface area (Å²) < 4.78 is 0. The van der Waals surface area contributed by atoms with Gasteiger partial charge >= 0.3 is 0 Å². The van der Waals surface area contributed by atoms with Crippen molar-refractivity contribution in [3.05, 3.63) is 5.32 Å². The van der Waals surface area contributed by atoms with Gasteiger partial charge in [-0.3, -0.25) is 0 Å². The van der Waals surface area contributed by atoms with Gasteiger partial charge in [-0.25, -0.2) is 0 Å². The van der Waals surface area contributed by atoms with Crippen LogP contribution in [-0.2, 0) is 25.8 Å². The van der Waals surface area contributed by atoms with Crippen LogP contribution in [0.25, 0.3) is 5.32 Å². The van der Waals surface area contributed by atoms with E-state index in [2.05, 4.69) is 17.2 Å². The molecule has 0 spiro atoms. The molecule has 2 nitrogen and oxygen atoms in total. The fourth-order valence-electron chi connectivity index (χ4n) is 0.797. The van der Waals surface area contributed by atoms with E-state index in [0.717, 1.165) is 31.8 Å². The van der Waals surface area contributed by atoms with Crippen LogP contribution >= 0.6 is 0 Å². The molecule has 0 heterocycles. The Morgan fingerprint density at radius 1 is 1.27 bits per heavy atom. The molecule has 1 radical (unpaired) electrons. The summed E-state index contributed by atoms with van der Waals surface area (Å²) in [7, 11) is 0. The van der Waals surface area contributed by atoms with Gasteiger partial charge in [-0.15, -0.1) is 0 Å². The SMILES string of the molecule is CCCC(=NCC)[N-]CC.[Sc]. The van der Waals surface area contributed by atoms with Crippen LogP contribution in [-0.4, -0.2) is 18.9 Å². The number of nitrogens with zero attached hydrogens (tertiary/aromatic N) is 2. The molecule has 0 aromatic rings. The van der Waals surface area contributed by atoms with Crippen molar-refractivity contribution in [3.63, 3.8) is 0 Å². The Bertz CT molecular complexity index is 94.3. The van der Waals surface area contributed by atoms with E-state index >= 15 is 0 Å². The molecule has 0 aliphatic rings.